The van der Waals surface area contributed by atoms with Gasteiger partial charge in [0, 0.05) is 27.9 Å². The number of amides is 1. The van der Waals surface area contributed by atoms with E-state index in [0.29, 0.717) is 27.4 Å². The third-order valence-corrected chi connectivity index (χ3v) is 8.57. The van der Waals surface area contributed by atoms with Crippen molar-refractivity contribution in [2.45, 2.75) is 25.1 Å². The second kappa shape index (κ2) is 8.84. The van der Waals surface area contributed by atoms with E-state index in [9.17, 15) is 26.4 Å². The predicted molar refractivity (Wildman–Crippen MR) is 133 cm³/mol. The lowest BCUT2D eigenvalue weighted by molar-refractivity contribution is -0.137. The molecule has 4 aromatic rings. The summed E-state index contributed by atoms with van der Waals surface area (Å²) < 4.78 is 64.8. The summed E-state index contributed by atoms with van der Waals surface area (Å²) in [5, 5.41) is 7.53. The summed E-state index contributed by atoms with van der Waals surface area (Å²) >= 11 is 6.42. The first-order chi connectivity index (χ1) is 17.4. The normalized spacial score (nSPS) is 19.3. The average Bonchev–Trinajstić information content (AvgIpc) is 3.38. The van der Waals surface area contributed by atoms with Gasteiger partial charge in [-0.2, -0.15) is 18.3 Å². The van der Waals surface area contributed by atoms with Gasteiger partial charge in [-0.05, 0) is 31.5 Å². The Morgan fingerprint density at radius 1 is 1.08 bits per heavy atom. The molecule has 3 heterocycles. The molecule has 0 spiro atoms. The second-order valence-electron chi connectivity index (χ2n) is 9.23. The molecule has 0 aliphatic carbocycles. The molecule has 1 fully saturated rings. The van der Waals surface area contributed by atoms with Crippen molar-refractivity contribution in [2.24, 2.45) is 0 Å². The summed E-state index contributed by atoms with van der Waals surface area (Å²) in [7, 11) is -3.25. The molecule has 7 nitrogen and oxygen atoms in total. The fourth-order valence-corrected chi connectivity index (χ4v) is 6.84. The molecule has 0 saturated carbocycles. The molecule has 192 valence electrons. The molecular weight excluding hydrogens is 529 g/mol. The van der Waals surface area contributed by atoms with Crippen LogP contribution in [0.25, 0.3) is 28.0 Å². The number of benzene rings is 2. The van der Waals surface area contributed by atoms with Crippen LogP contribution in [0, 0.1) is 0 Å². The lowest BCUT2D eigenvalue weighted by Gasteiger charge is -2.23. The summed E-state index contributed by atoms with van der Waals surface area (Å²) in [6.45, 7) is 1.66. The van der Waals surface area contributed by atoms with Gasteiger partial charge >= 0.3 is 6.18 Å². The Kier molecular flexibility index (Phi) is 6.03. The smallest absolute Gasteiger partial charge is 0.346 e. The summed E-state index contributed by atoms with van der Waals surface area (Å²) in [5.41, 5.74) is 0.399. The zero-order valence-electron chi connectivity index (χ0n) is 19.4. The molecule has 0 radical (unpaired) electrons. The van der Waals surface area contributed by atoms with Gasteiger partial charge in [0.2, 0.25) is 0 Å². The molecule has 1 aliphatic rings. The Morgan fingerprint density at radius 3 is 2.41 bits per heavy atom. The van der Waals surface area contributed by atoms with E-state index in [1.807, 2.05) is 0 Å². The van der Waals surface area contributed by atoms with E-state index in [1.54, 1.807) is 31.2 Å². The highest BCUT2D eigenvalue weighted by molar-refractivity contribution is 7.91. The van der Waals surface area contributed by atoms with Crippen LogP contribution in [0.5, 0.6) is 0 Å². The van der Waals surface area contributed by atoms with Gasteiger partial charge in [0.15, 0.2) is 15.5 Å². The zero-order chi connectivity index (χ0) is 26.6. The number of carbonyl (C=O) groups excluding carboxylic acids is 1. The van der Waals surface area contributed by atoms with Gasteiger partial charge in [-0.15, -0.1) is 0 Å². The van der Waals surface area contributed by atoms with E-state index in [4.69, 9.17) is 11.6 Å². The highest BCUT2D eigenvalue weighted by atomic mass is 35.5. The lowest BCUT2D eigenvalue weighted by Crippen LogP contribution is -2.46. The minimum atomic E-state index is -4.50. The number of hydrogen-bond acceptors (Lipinski definition) is 5. The minimum absolute atomic E-state index is 0.0178. The van der Waals surface area contributed by atoms with Crippen molar-refractivity contribution in [1.82, 2.24) is 19.9 Å². The van der Waals surface area contributed by atoms with Gasteiger partial charge in [0.05, 0.1) is 34.5 Å². The molecule has 5 rings (SSSR count). The van der Waals surface area contributed by atoms with Crippen molar-refractivity contribution >= 4 is 33.0 Å². The van der Waals surface area contributed by atoms with Gasteiger partial charge in [0.25, 0.3) is 5.91 Å². The van der Waals surface area contributed by atoms with Crippen LogP contribution < -0.4 is 5.32 Å². The molecule has 1 aliphatic heterocycles. The number of sulfone groups is 1. The molecule has 1 unspecified atom stereocenters. The van der Waals surface area contributed by atoms with Crippen molar-refractivity contribution < 1.29 is 26.4 Å². The second-order valence-corrected chi connectivity index (χ2v) is 11.8. The highest BCUT2D eigenvalue weighted by Gasteiger charge is 2.40. The largest absolute Gasteiger partial charge is 0.416 e. The van der Waals surface area contributed by atoms with Crippen molar-refractivity contribution in [2.75, 3.05) is 11.5 Å². The maximum absolute atomic E-state index is 13.2. The molecule has 1 N–H and O–H groups in total. The van der Waals surface area contributed by atoms with Gasteiger partial charge in [-0.25, -0.2) is 17.9 Å². The Bertz CT molecular complexity index is 1640. The molecule has 0 bridgehead atoms. The summed E-state index contributed by atoms with van der Waals surface area (Å²) in [6, 6.07) is 11.5. The van der Waals surface area contributed by atoms with Crippen LogP contribution in [-0.2, 0) is 16.0 Å². The summed E-state index contributed by atoms with van der Waals surface area (Å²) in [6.07, 6.45) is -1.43. The quantitative estimate of drug-likeness (QED) is 0.385. The van der Waals surface area contributed by atoms with Crippen molar-refractivity contribution in [3.63, 3.8) is 0 Å². The third-order valence-electron chi connectivity index (χ3n) is 6.34. The number of hydrogen-bond donors (Lipinski definition) is 1. The summed E-state index contributed by atoms with van der Waals surface area (Å²) in [5.74, 6) is -0.743. The van der Waals surface area contributed by atoms with Crippen molar-refractivity contribution in [3.8, 4) is 22.4 Å². The number of alkyl halides is 3. The van der Waals surface area contributed by atoms with Crippen LogP contribution >= 0.6 is 11.6 Å². The number of nitrogens with one attached hydrogen (secondary N) is 1. The van der Waals surface area contributed by atoms with E-state index < -0.39 is 33.0 Å². The summed E-state index contributed by atoms with van der Waals surface area (Å²) in [4.78, 5) is 17.6. The fourth-order valence-electron chi connectivity index (χ4n) is 4.51. The van der Waals surface area contributed by atoms with Crippen molar-refractivity contribution in [1.29, 1.82) is 0 Å². The van der Waals surface area contributed by atoms with Gasteiger partial charge in [-0.1, -0.05) is 41.9 Å². The molecule has 1 amide bonds. The predicted octanol–water partition coefficient (Wildman–Crippen LogP) is 5.04. The Morgan fingerprint density at radius 2 is 1.78 bits per heavy atom. The van der Waals surface area contributed by atoms with Gasteiger partial charge in [-0.3, -0.25) is 4.79 Å². The number of aromatic nitrogens is 3. The van der Waals surface area contributed by atoms with E-state index >= 15 is 0 Å². The monoisotopic (exact) mass is 548 g/mol. The molecule has 12 heteroatoms. The maximum atomic E-state index is 13.2. The van der Waals surface area contributed by atoms with E-state index in [0.717, 1.165) is 12.1 Å². The van der Waals surface area contributed by atoms with Crippen LogP contribution in [0.1, 0.15) is 29.3 Å². The number of rotatable bonds is 4. The Labute approximate surface area is 215 Å². The highest BCUT2D eigenvalue weighted by Crippen LogP contribution is 2.37. The van der Waals surface area contributed by atoms with Gasteiger partial charge in [0.1, 0.15) is 5.56 Å². The van der Waals surface area contributed by atoms with Crippen molar-refractivity contribution in [3.05, 3.63) is 77.1 Å². The maximum Gasteiger partial charge on any atom is 0.416 e. The average molecular weight is 549 g/mol. The van der Waals surface area contributed by atoms with Crippen LogP contribution in [-0.4, -0.2) is 46.0 Å². The van der Waals surface area contributed by atoms with Crippen LogP contribution in [0.2, 0.25) is 5.02 Å². The van der Waals surface area contributed by atoms with Gasteiger partial charge < -0.3 is 5.32 Å². The molecule has 1 atom stereocenters. The molecular formula is C25H20ClF3N4O3S. The van der Waals surface area contributed by atoms with E-state index in [-0.39, 0.29) is 29.1 Å². The first-order valence-corrected chi connectivity index (χ1v) is 13.4. The SMILES string of the molecule is CC1(NC(=O)c2cnn3c(-c4ccc(C(F)(F)F)cc4)c(-c4ccccc4Cl)cnc23)CCS(=O)(=O)C1. The van der Waals surface area contributed by atoms with Crippen LogP contribution in [0.4, 0.5) is 13.2 Å². The fraction of sp³-hybridized carbons (Fsp3) is 0.240. The van der Waals surface area contributed by atoms with Crippen LogP contribution in [0.15, 0.2) is 60.9 Å². The zero-order valence-corrected chi connectivity index (χ0v) is 21.0. The molecule has 2 aromatic heterocycles. The van der Waals surface area contributed by atoms with E-state index in [1.165, 1.54) is 29.0 Å². The standard InChI is InChI=1S/C25H20ClF3N4O3S/c1-24(10-11-37(35,36)14-24)32-23(34)19-13-31-33-21(15-6-8-16(9-7-15)25(27,28)29)18(12-30-22(19)33)17-4-2-3-5-20(17)26/h2-9,12-13H,10-11,14H2,1H3,(H,32,34). The topological polar surface area (TPSA) is 93.4 Å². The first kappa shape index (κ1) is 25.2. The number of carbonyl (C=O) groups is 1. The Hall–Kier alpha value is -3.44. The first-order valence-electron chi connectivity index (χ1n) is 11.2. The number of fused-ring (bicyclic) bond motifs is 1. The molecule has 1 saturated heterocycles. The lowest BCUT2D eigenvalue weighted by atomic mass is 9.99. The Balaban J connectivity index is 1.64. The van der Waals surface area contributed by atoms with Crippen LogP contribution in [0.3, 0.4) is 0 Å². The number of halogens is 4. The van der Waals surface area contributed by atoms with E-state index in [2.05, 4.69) is 15.4 Å². The third kappa shape index (κ3) is 4.80. The minimum Gasteiger partial charge on any atom is -0.346 e. The molecule has 37 heavy (non-hydrogen) atoms. The number of nitrogens with zero attached hydrogens (tertiary/aromatic N) is 3. The molecule has 2 aromatic carbocycles.